The van der Waals surface area contributed by atoms with Crippen LogP contribution in [0.2, 0.25) is 0 Å². The molecular weight excluding hydrogens is 244 g/mol. The van der Waals surface area contributed by atoms with Crippen molar-refractivity contribution >= 4 is 28.0 Å². The zero-order chi connectivity index (χ0) is 10.4. The smallest absolute Gasteiger partial charge is 0.328 e. The summed E-state index contributed by atoms with van der Waals surface area (Å²) in [4.78, 5) is 10.2. The van der Waals surface area contributed by atoms with Crippen LogP contribution in [-0.4, -0.2) is 11.1 Å². The van der Waals surface area contributed by atoms with Gasteiger partial charge in [-0.3, -0.25) is 0 Å². The summed E-state index contributed by atoms with van der Waals surface area (Å²) in [7, 11) is 0. The third kappa shape index (κ3) is 4.05. The Morgan fingerprint density at radius 2 is 1.86 bits per heavy atom. The minimum atomic E-state index is -0.955. The van der Waals surface area contributed by atoms with Gasteiger partial charge in [-0.15, -0.1) is 0 Å². The van der Waals surface area contributed by atoms with Gasteiger partial charge in [0.05, 0.1) is 0 Å². The van der Waals surface area contributed by atoms with Crippen molar-refractivity contribution in [1.82, 2.24) is 0 Å². The summed E-state index contributed by atoms with van der Waals surface area (Å²) in [6.45, 7) is 0. The van der Waals surface area contributed by atoms with E-state index in [2.05, 4.69) is 15.9 Å². The number of allylic oxidation sites excluding steroid dienone is 2. The monoisotopic (exact) mass is 252 g/mol. The topological polar surface area (TPSA) is 37.3 Å². The molecule has 0 unspecified atom stereocenters. The van der Waals surface area contributed by atoms with Crippen molar-refractivity contribution in [2.24, 2.45) is 0 Å². The molecule has 0 saturated heterocycles. The highest BCUT2D eigenvalue weighted by molar-refractivity contribution is 9.12. The molecule has 0 heterocycles. The first kappa shape index (κ1) is 10.7. The Hall–Kier alpha value is -1.35. The number of aliphatic carboxylic acids is 1. The molecule has 1 rings (SSSR count). The van der Waals surface area contributed by atoms with Crippen LogP contribution in [-0.2, 0) is 4.79 Å². The highest BCUT2D eigenvalue weighted by atomic mass is 79.9. The standard InChI is InChI=1S/C11H9BrO2/c12-10(6-7-11(13)14)8-9-4-2-1-3-5-9/h1-8H,(H,13,14)/b7-6-,10-8-. The van der Waals surface area contributed by atoms with Crippen molar-refractivity contribution in [2.45, 2.75) is 0 Å². The van der Waals surface area contributed by atoms with Crippen molar-refractivity contribution in [3.05, 3.63) is 52.5 Å². The third-order valence-electron chi connectivity index (χ3n) is 1.49. The van der Waals surface area contributed by atoms with Crippen LogP contribution < -0.4 is 0 Å². The molecular formula is C11H9BrO2. The molecule has 0 aliphatic heterocycles. The Morgan fingerprint density at radius 3 is 2.43 bits per heavy atom. The van der Waals surface area contributed by atoms with E-state index in [1.54, 1.807) is 0 Å². The number of halogens is 1. The molecule has 0 aliphatic carbocycles. The van der Waals surface area contributed by atoms with E-state index < -0.39 is 5.97 Å². The van der Waals surface area contributed by atoms with Crippen LogP contribution >= 0.6 is 15.9 Å². The maximum atomic E-state index is 10.2. The lowest BCUT2D eigenvalue weighted by atomic mass is 10.2. The van der Waals surface area contributed by atoms with Gasteiger partial charge in [0.15, 0.2) is 0 Å². The number of hydrogen-bond donors (Lipinski definition) is 1. The molecule has 0 saturated carbocycles. The number of benzene rings is 1. The Bertz CT molecular complexity index is 366. The molecule has 0 bridgehead atoms. The summed E-state index contributed by atoms with van der Waals surface area (Å²) < 4.78 is 0.728. The maximum Gasteiger partial charge on any atom is 0.328 e. The molecule has 0 amide bonds. The lowest BCUT2D eigenvalue weighted by Gasteiger charge is -1.92. The van der Waals surface area contributed by atoms with E-state index in [1.165, 1.54) is 6.08 Å². The molecule has 72 valence electrons. The predicted molar refractivity (Wildman–Crippen MR) is 60.1 cm³/mol. The lowest BCUT2D eigenvalue weighted by molar-refractivity contribution is -0.131. The fourth-order valence-corrected chi connectivity index (χ4v) is 1.30. The summed E-state index contributed by atoms with van der Waals surface area (Å²) in [5, 5.41) is 8.39. The van der Waals surface area contributed by atoms with Crippen LogP contribution in [0.15, 0.2) is 47.0 Å². The van der Waals surface area contributed by atoms with Crippen LogP contribution in [0.25, 0.3) is 6.08 Å². The van der Waals surface area contributed by atoms with Gasteiger partial charge >= 0.3 is 5.97 Å². The van der Waals surface area contributed by atoms with Gasteiger partial charge in [-0.2, -0.15) is 0 Å². The molecule has 0 radical (unpaired) electrons. The molecule has 0 fully saturated rings. The van der Waals surface area contributed by atoms with Crippen molar-refractivity contribution in [1.29, 1.82) is 0 Å². The summed E-state index contributed by atoms with van der Waals surface area (Å²) >= 11 is 3.25. The molecule has 1 aromatic carbocycles. The highest BCUT2D eigenvalue weighted by Gasteiger charge is 1.89. The molecule has 0 aromatic heterocycles. The molecule has 1 aromatic rings. The molecule has 0 aliphatic rings. The van der Waals surface area contributed by atoms with Crippen LogP contribution in [0.1, 0.15) is 5.56 Å². The summed E-state index contributed by atoms with van der Waals surface area (Å²) in [5.41, 5.74) is 1.02. The van der Waals surface area contributed by atoms with Gasteiger partial charge in [0.2, 0.25) is 0 Å². The average molecular weight is 253 g/mol. The Labute approximate surface area is 90.7 Å². The van der Waals surface area contributed by atoms with Crippen LogP contribution in [0.5, 0.6) is 0 Å². The molecule has 0 atom stereocenters. The van der Waals surface area contributed by atoms with Crippen LogP contribution in [0, 0.1) is 0 Å². The SMILES string of the molecule is O=C(O)/C=C\C(Br)=C\c1ccccc1. The molecule has 1 N–H and O–H groups in total. The van der Waals surface area contributed by atoms with Crippen molar-refractivity contribution in [3.8, 4) is 0 Å². The normalized spacial score (nSPS) is 11.9. The summed E-state index contributed by atoms with van der Waals surface area (Å²) in [6.07, 6.45) is 4.43. The number of carboxylic acid groups (broad SMARTS) is 1. The highest BCUT2D eigenvalue weighted by Crippen LogP contribution is 2.12. The number of carboxylic acids is 1. The number of carbonyl (C=O) groups is 1. The minimum absolute atomic E-state index is 0.728. The van der Waals surface area contributed by atoms with E-state index >= 15 is 0 Å². The van der Waals surface area contributed by atoms with E-state index in [-0.39, 0.29) is 0 Å². The summed E-state index contributed by atoms with van der Waals surface area (Å²) in [6, 6.07) is 9.66. The Balaban J connectivity index is 2.74. The quantitative estimate of drug-likeness (QED) is 0.664. The van der Waals surface area contributed by atoms with Gasteiger partial charge in [-0.05, 0) is 17.7 Å². The third-order valence-corrected chi connectivity index (χ3v) is 1.98. The second-order valence-corrected chi connectivity index (χ2v) is 3.53. The van der Waals surface area contributed by atoms with E-state index in [0.717, 1.165) is 16.1 Å². The molecule has 2 nitrogen and oxygen atoms in total. The zero-order valence-electron chi connectivity index (χ0n) is 7.35. The first-order chi connectivity index (χ1) is 6.68. The van der Waals surface area contributed by atoms with Crippen molar-refractivity contribution < 1.29 is 9.90 Å². The lowest BCUT2D eigenvalue weighted by Crippen LogP contribution is -1.85. The van der Waals surface area contributed by atoms with Gasteiger partial charge in [-0.1, -0.05) is 46.3 Å². The largest absolute Gasteiger partial charge is 0.478 e. The van der Waals surface area contributed by atoms with E-state index in [9.17, 15) is 4.79 Å². The minimum Gasteiger partial charge on any atom is -0.478 e. The Morgan fingerprint density at radius 1 is 1.21 bits per heavy atom. The second-order valence-electron chi connectivity index (χ2n) is 2.61. The average Bonchev–Trinajstić information content (AvgIpc) is 2.16. The number of rotatable bonds is 3. The van der Waals surface area contributed by atoms with Gasteiger partial charge in [-0.25, -0.2) is 4.79 Å². The van der Waals surface area contributed by atoms with Crippen molar-refractivity contribution in [2.75, 3.05) is 0 Å². The van der Waals surface area contributed by atoms with Gasteiger partial charge < -0.3 is 5.11 Å². The van der Waals surface area contributed by atoms with Gasteiger partial charge in [0.25, 0.3) is 0 Å². The van der Waals surface area contributed by atoms with E-state index in [1.807, 2.05) is 36.4 Å². The molecule has 14 heavy (non-hydrogen) atoms. The predicted octanol–water partition coefficient (Wildman–Crippen LogP) is 3.06. The van der Waals surface area contributed by atoms with Crippen molar-refractivity contribution in [3.63, 3.8) is 0 Å². The number of hydrogen-bond acceptors (Lipinski definition) is 1. The zero-order valence-corrected chi connectivity index (χ0v) is 8.94. The first-order valence-electron chi connectivity index (χ1n) is 4.02. The van der Waals surface area contributed by atoms with Crippen LogP contribution in [0.3, 0.4) is 0 Å². The first-order valence-corrected chi connectivity index (χ1v) is 4.81. The fourth-order valence-electron chi connectivity index (χ4n) is 0.907. The van der Waals surface area contributed by atoms with Crippen LogP contribution in [0.4, 0.5) is 0 Å². The van der Waals surface area contributed by atoms with E-state index in [4.69, 9.17) is 5.11 Å². The maximum absolute atomic E-state index is 10.2. The Kier molecular flexibility index (Phi) is 4.13. The molecule has 0 spiro atoms. The summed E-state index contributed by atoms with van der Waals surface area (Å²) in [5.74, 6) is -0.955. The fraction of sp³-hybridized carbons (Fsp3) is 0. The van der Waals surface area contributed by atoms with Gasteiger partial charge in [0.1, 0.15) is 0 Å². The van der Waals surface area contributed by atoms with Gasteiger partial charge in [0, 0.05) is 10.6 Å². The van der Waals surface area contributed by atoms with E-state index in [0.29, 0.717) is 0 Å². The molecule has 3 heteroatoms. The second kappa shape index (κ2) is 5.40.